The molecule has 0 saturated heterocycles. The lowest BCUT2D eigenvalue weighted by molar-refractivity contribution is -0.161. The van der Waals surface area contributed by atoms with Crippen LogP contribution in [0.2, 0.25) is 0 Å². The lowest BCUT2D eigenvalue weighted by atomic mass is 9.96. The van der Waals surface area contributed by atoms with Gasteiger partial charge in [0, 0.05) is 6.42 Å². The summed E-state index contributed by atoms with van der Waals surface area (Å²) in [5, 5.41) is 23.5. The van der Waals surface area contributed by atoms with Crippen molar-refractivity contribution in [3.05, 3.63) is 59.7 Å². The van der Waals surface area contributed by atoms with Crippen LogP contribution in [0.3, 0.4) is 0 Å². The van der Waals surface area contributed by atoms with Gasteiger partial charge in [-0.15, -0.1) is 0 Å². The molecule has 1 fully saturated rings. The molecule has 2 aromatic carbocycles. The van der Waals surface area contributed by atoms with Crippen molar-refractivity contribution in [1.82, 2.24) is 10.6 Å². The van der Waals surface area contributed by atoms with Crippen LogP contribution in [0.4, 0.5) is 26.3 Å². The molecule has 1 amide bonds. The summed E-state index contributed by atoms with van der Waals surface area (Å²) in [6.45, 7) is 2.27. The lowest BCUT2D eigenvalue weighted by Gasteiger charge is -2.30. The number of halogens is 6. The Bertz CT molecular complexity index is 1170. The number of hydrogen-bond donors (Lipinski definition) is 3. The van der Waals surface area contributed by atoms with E-state index in [1.807, 2.05) is 6.07 Å². The van der Waals surface area contributed by atoms with E-state index in [2.05, 4.69) is 10.6 Å². The third-order valence-corrected chi connectivity index (χ3v) is 5.99. The number of hydrogen-bond acceptors (Lipinski definition) is 4. The largest absolute Gasteiger partial charge is 0.407 e. The van der Waals surface area contributed by atoms with Gasteiger partial charge in [-0.3, -0.25) is 10.1 Å². The molecule has 0 radical (unpaired) electrons. The second-order valence-electron chi connectivity index (χ2n) is 9.69. The van der Waals surface area contributed by atoms with Gasteiger partial charge in [0.1, 0.15) is 23.3 Å². The Balaban J connectivity index is 1.85. The SMILES string of the molecule is [2H][C@](O)(c1ccc(-c2ccc([C@H](N[C@@H](CC(C)(C)F)C(=O)NC3(C#N)CC3)C(F)(F)F)cc2)cc1)C(F)F. The molecule has 0 bridgehead atoms. The highest BCUT2D eigenvalue weighted by Crippen LogP contribution is 2.37. The zero-order valence-corrected chi connectivity index (χ0v) is 20.0. The minimum atomic E-state index is -4.86. The predicted molar refractivity (Wildman–Crippen MR) is 124 cm³/mol. The van der Waals surface area contributed by atoms with Crippen molar-refractivity contribution in [2.75, 3.05) is 0 Å². The van der Waals surface area contributed by atoms with Gasteiger partial charge in [-0.2, -0.15) is 18.4 Å². The molecule has 1 saturated carbocycles. The number of carbonyl (C=O) groups is 1. The fourth-order valence-corrected chi connectivity index (χ4v) is 3.83. The summed E-state index contributed by atoms with van der Waals surface area (Å²) in [5.41, 5.74) is -2.88. The number of amides is 1. The third kappa shape index (κ3) is 7.46. The van der Waals surface area contributed by atoms with Crippen molar-refractivity contribution in [2.45, 2.75) is 75.1 Å². The van der Waals surface area contributed by atoms with Gasteiger partial charge in [-0.05, 0) is 48.9 Å². The van der Waals surface area contributed by atoms with Crippen LogP contribution in [-0.2, 0) is 4.79 Å². The summed E-state index contributed by atoms with van der Waals surface area (Å²) < 4.78 is 89.8. The van der Waals surface area contributed by atoms with Crippen molar-refractivity contribution in [1.29, 1.82) is 5.26 Å². The second kappa shape index (κ2) is 10.7. The molecular formula is C26H27F6N3O2. The van der Waals surface area contributed by atoms with Crippen molar-refractivity contribution < 1.29 is 37.6 Å². The van der Waals surface area contributed by atoms with Gasteiger partial charge >= 0.3 is 6.18 Å². The van der Waals surface area contributed by atoms with Crippen molar-refractivity contribution in [3.63, 3.8) is 0 Å². The normalized spacial score (nSPS) is 18.8. The summed E-state index contributed by atoms with van der Waals surface area (Å²) >= 11 is 0. The number of benzene rings is 2. The summed E-state index contributed by atoms with van der Waals surface area (Å²) in [5.74, 6) is -0.904. The highest BCUT2D eigenvalue weighted by atomic mass is 19.4. The maximum atomic E-state index is 14.4. The summed E-state index contributed by atoms with van der Waals surface area (Å²) in [6.07, 6.45) is -11.2. The van der Waals surface area contributed by atoms with E-state index in [1.54, 1.807) is 0 Å². The minimum absolute atomic E-state index is 0.257. The first-order valence-electron chi connectivity index (χ1n) is 11.9. The Morgan fingerprint density at radius 2 is 1.54 bits per heavy atom. The van der Waals surface area contributed by atoms with Gasteiger partial charge in [-0.25, -0.2) is 13.2 Å². The Morgan fingerprint density at radius 1 is 1.05 bits per heavy atom. The molecule has 0 unspecified atom stereocenters. The third-order valence-electron chi connectivity index (χ3n) is 5.99. The molecule has 11 heteroatoms. The van der Waals surface area contributed by atoms with Crippen LogP contribution in [0.5, 0.6) is 0 Å². The predicted octanol–water partition coefficient (Wildman–Crippen LogP) is 5.52. The van der Waals surface area contributed by atoms with Gasteiger partial charge in [-0.1, -0.05) is 48.5 Å². The molecular weight excluding hydrogens is 500 g/mol. The van der Waals surface area contributed by atoms with E-state index in [0.29, 0.717) is 24.0 Å². The smallest absolute Gasteiger partial charge is 0.382 e. The van der Waals surface area contributed by atoms with Crippen molar-refractivity contribution in [2.24, 2.45) is 0 Å². The first-order valence-corrected chi connectivity index (χ1v) is 11.4. The monoisotopic (exact) mass is 528 g/mol. The summed E-state index contributed by atoms with van der Waals surface area (Å²) in [4.78, 5) is 12.8. The average Bonchev–Trinajstić information content (AvgIpc) is 3.60. The molecule has 0 spiro atoms. The molecule has 3 atom stereocenters. The maximum absolute atomic E-state index is 14.4. The first-order chi connectivity index (χ1) is 17.5. The van der Waals surface area contributed by atoms with E-state index in [4.69, 9.17) is 1.37 Å². The molecule has 3 N–H and O–H groups in total. The number of carbonyl (C=O) groups excluding carboxylic acids is 1. The summed E-state index contributed by atoms with van der Waals surface area (Å²) in [6, 6.07) is 7.98. The highest BCUT2D eigenvalue weighted by Gasteiger charge is 2.48. The van der Waals surface area contributed by atoms with Crippen molar-refractivity contribution in [3.8, 4) is 17.2 Å². The zero-order valence-electron chi connectivity index (χ0n) is 21.0. The number of aliphatic hydroxyl groups is 1. The molecule has 0 aliphatic heterocycles. The molecule has 3 rings (SSSR count). The lowest BCUT2D eigenvalue weighted by Crippen LogP contribution is -2.53. The van der Waals surface area contributed by atoms with E-state index >= 15 is 0 Å². The quantitative estimate of drug-likeness (QED) is 0.355. The minimum Gasteiger partial charge on any atom is -0.382 e. The topological polar surface area (TPSA) is 85.2 Å². The van der Waals surface area contributed by atoms with Crippen LogP contribution >= 0.6 is 0 Å². The number of nitrogens with zero attached hydrogens (tertiary/aromatic N) is 1. The van der Waals surface area contributed by atoms with Gasteiger partial charge < -0.3 is 10.4 Å². The zero-order chi connectivity index (χ0) is 28.5. The van der Waals surface area contributed by atoms with Crippen LogP contribution in [-0.4, -0.2) is 40.9 Å². The van der Waals surface area contributed by atoms with Gasteiger partial charge in [0.25, 0.3) is 6.43 Å². The molecule has 0 heterocycles. The van der Waals surface area contributed by atoms with Crippen LogP contribution in [0.1, 0.15) is 57.7 Å². The maximum Gasteiger partial charge on any atom is 0.407 e. The van der Waals surface area contributed by atoms with Crippen LogP contribution in [0, 0.1) is 11.3 Å². The number of alkyl halides is 6. The number of nitriles is 1. The van der Waals surface area contributed by atoms with Crippen LogP contribution < -0.4 is 10.6 Å². The first kappa shape index (κ1) is 26.9. The standard InChI is InChI=1S/C26H27F6N3O2/c1-24(2,29)13-19(23(37)35-25(14-33)11-12-25)34-21(26(30,31)32)18-9-5-16(6-10-18)15-3-7-17(8-4-15)20(36)22(27)28/h3-10,19-22,34,36H,11-13H2,1-2H3,(H,35,37)/t19-,20-,21-/m0/s1/i20D. The molecule has 0 aromatic heterocycles. The van der Waals surface area contributed by atoms with Crippen LogP contribution in [0.25, 0.3) is 11.1 Å². The molecule has 5 nitrogen and oxygen atoms in total. The van der Waals surface area contributed by atoms with E-state index < -0.39 is 54.3 Å². The Labute approximate surface area is 211 Å². The fraction of sp³-hybridized carbons (Fsp3) is 0.462. The van der Waals surface area contributed by atoms with Gasteiger partial charge in [0.2, 0.25) is 5.91 Å². The van der Waals surface area contributed by atoms with E-state index in [-0.39, 0.29) is 11.1 Å². The van der Waals surface area contributed by atoms with E-state index in [0.717, 1.165) is 26.0 Å². The summed E-state index contributed by atoms with van der Waals surface area (Å²) in [7, 11) is 0. The van der Waals surface area contributed by atoms with Crippen LogP contribution in [0.15, 0.2) is 48.5 Å². The van der Waals surface area contributed by atoms with E-state index in [1.165, 1.54) is 36.4 Å². The molecule has 1 aliphatic rings. The van der Waals surface area contributed by atoms with Gasteiger partial charge in [0.05, 0.1) is 13.5 Å². The van der Waals surface area contributed by atoms with E-state index in [9.17, 15) is 41.5 Å². The fourth-order valence-electron chi connectivity index (χ4n) is 3.83. The molecule has 200 valence electrons. The Hall–Kier alpha value is -3.10. The molecule has 2 aromatic rings. The molecule has 37 heavy (non-hydrogen) atoms. The number of rotatable bonds is 10. The number of nitrogens with one attached hydrogen (secondary N) is 2. The van der Waals surface area contributed by atoms with Gasteiger partial charge in [0.15, 0.2) is 0 Å². The molecule has 1 aliphatic carbocycles. The highest BCUT2D eigenvalue weighted by molar-refractivity contribution is 5.83. The Kier molecular flexibility index (Phi) is 7.80. The Morgan fingerprint density at radius 3 is 1.92 bits per heavy atom. The average molecular weight is 529 g/mol. The second-order valence-corrected chi connectivity index (χ2v) is 9.69. The van der Waals surface area contributed by atoms with Crippen molar-refractivity contribution >= 4 is 5.91 Å².